The average molecular weight is 343 g/mol. The Hall–Kier alpha value is -2.05. The molecule has 6 heteroatoms. The minimum atomic E-state index is -1.17. The zero-order valence-electron chi connectivity index (χ0n) is 14.1. The Balaban J connectivity index is 1.83. The van der Waals surface area contributed by atoms with Crippen molar-refractivity contribution < 1.29 is 9.59 Å². The third-order valence-electron chi connectivity index (χ3n) is 4.30. The Morgan fingerprint density at radius 2 is 1.96 bits per heavy atom. The van der Waals surface area contributed by atoms with E-state index >= 15 is 0 Å². The van der Waals surface area contributed by atoms with Crippen LogP contribution in [-0.2, 0) is 16.8 Å². The zero-order valence-corrected chi connectivity index (χ0v) is 14.9. The number of hydrogen-bond donors (Lipinski definition) is 2. The Morgan fingerprint density at radius 1 is 1.29 bits per heavy atom. The van der Waals surface area contributed by atoms with E-state index in [0.717, 1.165) is 17.7 Å². The minimum absolute atomic E-state index is 0.0914. The summed E-state index contributed by atoms with van der Waals surface area (Å²) >= 11 is 1.24. The van der Waals surface area contributed by atoms with Gasteiger partial charge in [-0.3, -0.25) is 9.59 Å². The zero-order chi connectivity index (χ0) is 17.5. The highest BCUT2D eigenvalue weighted by Gasteiger charge is 2.35. The Morgan fingerprint density at radius 3 is 2.62 bits per heavy atom. The van der Waals surface area contributed by atoms with Gasteiger partial charge < -0.3 is 11.1 Å². The highest BCUT2D eigenvalue weighted by molar-refractivity contribution is 7.17. The monoisotopic (exact) mass is 343 g/mol. The number of carbonyl (C=O) groups excluding carboxylic acids is 2. The fourth-order valence-electron chi connectivity index (χ4n) is 2.92. The van der Waals surface area contributed by atoms with E-state index in [1.54, 1.807) is 6.92 Å². The summed E-state index contributed by atoms with van der Waals surface area (Å²) in [5.74, 6) is -0.246. The second-order valence-corrected chi connectivity index (χ2v) is 8.26. The lowest BCUT2D eigenvalue weighted by Gasteiger charge is -2.26. The SMILES string of the molecule is CC1(C)CC(=O)c2sc(NC(=O)C(C)(N)c3ccccc3)nc2C1. The summed E-state index contributed by atoms with van der Waals surface area (Å²) in [4.78, 5) is 30.0. The van der Waals surface area contributed by atoms with Gasteiger partial charge in [0.05, 0.1) is 10.6 Å². The molecular weight excluding hydrogens is 322 g/mol. The maximum absolute atomic E-state index is 12.6. The van der Waals surface area contributed by atoms with Gasteiger partial charge in [0.2, 0.25) is 0 Å². The summed E-state index contributed by atoms with van der Waals surface area (Å²) in [6, 6.07) is 9.20. The van der Waals surface area contributed by atoms with Crippen LogP contribution in [0.1, 0.15) is 48.1 Å². The number of fused-ring (bicyclic) bond motifs is 1. The standard InChI is InChI=1S/C18H21N3O2S/c1-17(2)9-12-14(13(22)10-17)24-16(20-12)21-15(23)18(3,19)11-7-5-4-6-8-11/h4-8H,9-10,19H2,1-3H3,(H,20,21,23). The summed E-state index contributed by atoms with van der Waals surface area (Å²) < 4.78 is 0. The molecule has 5 nitrogen and oxygen atoms in total. The van der Waals surface area contributed by atoms with Gasteiger partial charge in [-0.2, -0.15) is 0 Å². The average Bonchev–Trinajstić information content (AvgIpc) is 2.89. The molecule has 1 aromatic heterocycles. The van der Waals surface area contributed by atoms with Crippen LogP contribution in [0, 0.1) is 5.41 Å². The van der Waals surface area contributed by atoms with Crippen molar-refractivity contribution in [3.8, 4) is 0 Å². The van der Waals surface area contributed by atoms with Gasteiger partial charge in [0.1, 0.15) is 5.54 Å². The van der Waals surface area contributed by atoms with Crippen LogP contribution in [0.25, 0.3) is 0 Å². The number of ketones is 1. The highest BCUT2D eigenvalue weighted by Crippen LogP contribution is 2.38. The third kappa shape index (κ3) is 3.12. The number of thiazole rings is 1. The number of nitrogens with one attached hydrogen (secondary N) is 1. The smallest absolute Gasteiger partial charge is 0.250 e. The van der Waals surface area contributed by atoms with Crippen LogP contribution >= 0.6 is 11.3 Å². The first-order valence-electron chi connectivity index (χ1n) is 7.88. The molecule has 1 atom stereocenters. The topological polar surface area (TPSA) is 85.1 Å². The van der Waals surface area contributed by atoms with Gasteiger partial charge in [0.25, 0.3) is 5.91 Å². The summed E-state index contributed by atoms with van der Waals surface area (Å²) in [5.41, 5.74) is 6.45. The van der Waals surface area contributed by atoms with Crippen LogP contribution in [0.2, 0.25) is 0 Å². The molecule has 3 rings (SSSR count). The lowest BCUT2D eigenvalue weighted by Crippen LogP contribution is -2.45. The molecule has 126 valence electrons. The number of hydrogen-bond acceptors (Lipinski definition) is 5. The molecule has 3 N–H and O–H groups in total. The number of carbonyl (C=O) groups is 2. The van der Waals surface area contributed by atoms with E-state index in [1.165, 1.54) is 11.3 Å². The highest BCUT2D eigenvalue weighted by atomic mass is 32.1. The van der Waals surface area contributed by atoms with Crippen molar-refractivity contribution in [1.29, 1.82) is 0 Å². The van der Waals surface area contributed by atoms with Crippen LogP contribution in [-0.4, -0.2) is 16.7 Å². The van der Waals surface area contributed by atoms with Crippen LogP contribution in [0.15, 0.2) is 30.3 Å². The van der Waals surface area contributed by atoms with Gasteiger partial charge in [0.15, 0.2) is 10.9 Å². The van der Waals surface area contributed by atoms with E-state index in [9.17, 15) is 9.59 Å². The Labute approximate surface area is 145 Å². The molecule has 0 radical (unpaired) electrons. The Bertz CT molecular complexity index is 794. The van der Waals surface area contributed by atoms with Gasteiger partial charge in [-0.05, 0) is 24.3 Å². The van der Waals surface area contributed by atoms with Crippen LogP contribution < -0.4 is 11.1 Å². The van der Waals surface area contributed by atoms with Gasteiger partial charge in [-0.1, -0.05) is 55.5 Å². The summed E-state index contributed by atoms with van der Waals surface area (Å²) in [5, 5.41) is 3.21. The van der Waals surface area contributed by atoms with Gasteiger partial charge in [0, 0.05) is 6.42 Å². The van der Waals surface area contributed by atoms with E-state index in [2.05, 4.69) is 24.1 Å². The number of nitrogens with two attached hydrogens (primary N) is 1. The van der Waals surface area contributed by atoms with E-state index in [-0.39, 0.29) is 17.1 Å². The fraction of sp³-hybridized carbons (Fsp3) is 0.389. The molecular formula is C18H21N3O2S. The lowest BCUT2D eigenvalue weighted by atomic mass is 9.78. The number of rotatable bonds is 3. The van der Waals surface area contributed by atoms with Crippen molar-refractivity contribution in [3.63, 3.8) is 0 Å². The molecule has 1 heterocycles. The molecule has 24 heavy (non-hydrogen) atoms. The summed E-state index contributed by atoms with van der Waals surface area (Å²) in [6.07, 6.45) is 1.24. The molecule has 0 saturated heterocycles. The van der Waals surface area contributed by atoms with E-state index in [4.69, 9.17) is 5.73 Å². The second-order valence-electron chi connectivity index (χ2n) is 7.26. The molecule has 0 fully saturated rings. The quantitative estimate of drug-likeness (QED) is 0.897. The molecule has 1 aromatic carbocycles. The molecule has 1 unspecified atom stereocenters. The van der Waals surface area contributed by atoms with E-state index in [0.29, 0.717) is 16.4 Å². The normalized spacial score (nSPS) is 18.6. The van der Waals surface area contributed by atoms with E-state index < -0.39 is 5.54 Å². The molecule has 1 aliphatic carbocycles. The Kier molecular flexibility index (Phi) is 4.05. The van der Waals surface area contributed by atoms with Gasteiger partial charge in [-0.15, -0.1) is 0 Å². The number of amides is 1. The van der Waals surface area contributed by atoms with Crippen molar-refractivity contribution in [2.45, 2.75) is 39.2 Å². The third-order valence-corrected chi connectivity index (χ3v) is 5.36. The fourth-order valence-corrected chi connectivity index (χ4v) is 3.83. The first kappa shape index (κ1) is 16.8. The first-order chi connectivity index (χ1) is 11.2. The van der Waals surface area contributed by atoms with Gasteiger partial charge >= 0.3 is 0 Å². The molecule has 0 spiro atoms. The number of benzene rings is 1. The van der Waals surface area contributed by atoms with Crippen molar-refractivity contribution in [2.24, 2.45) is 11.1 Å². The van der Waals surface area contributed by atoms with E-state index in [1.807, 2.05) is 30.3 Å². The van der Waals surface area contributed by atoms with Crippen molar-refractivity contribution in [1.82, 2.24) is 4.98 Å². The second kappa shape index (κ2) is 5.79. The number of anilines is 1. The predicted molar refractivity (Wildman–Crippen MR) is 95.2 cm³/mol. The molecule has 0 saturated carbocycles. The molecule has 1 aliphatic rings. The molecule has 1 amide bonds. The number of nitrogens with zero attached hydrogens (tertiary/aromatic N) is 1. The lowest BCUT2D eigenvalue weighted by molar-refractivity contribution is -0.120. The summed E-state index contributed by atoms with van der Waals surface area (Å²) in [7, 11) is 0. The minimum Gasteiger partial charge on any atom is -0.314 e. The van der Waals surface area contributed by atoms with Crippen LogP contribution in [0.3, 0.4) is 0 Å². The van der Waals surface area contributed by atoms with Gasteiger partial charge in [-0.25, -0.2) is 4.98 Å². The molecule has 0 aliphatic heterocycles. The summed E-state index contributed by atoms with van der Waals surface area (Å²) in [6.45, 7) is 5.77. The van der Waals surface area contributed by atoms with Crippen LogP contribution in [0.5, 0.6) is 0 Å². The number of Topliss-reactive ketones (excluding diaryl/α,β-unsaturated/α-hetero) is 1. The van der Waals surface area contributed by atoms with Crippen molar-refractivity contribution in [3.05, 3.63) is 46.5 Å². The van der Waals surface area contributed by atoms with Crippen molar-refractivity contribution in [2.75, 3.05) is 5.32 Å². The maximum Gasteiger partial charge on any atom is 0.250 e. The maximum atomic E-state index is 12.6. The van der Waals surface area contributed by atoms with Crippen molar-refractivity contribution >= 4 is 28.2 Å². The first-order valence-corrected chi connectivity index (χ1v) is 8.69. The number of aromatic nitrogens is 1. The predicted octanol–water partition coefficient (Wildman–Crippen LogP) is 3.11. The molecule has 2 aromatic rings. The van der Waals surface area contributed by atoms with Crippen LogP contribution in [0.4, 0.5) is 5.13 Å². The largest absolute Gasteiger partial charge is 0.314 e. The molecule has 0 bridgehead atoms.